The van der Waals surface area contributed by atoms with Gasteiger partial charge in [-0.1, -0.05) is 70.7 Å². The van der Waals surface area contributed by atoms with Crippen molar-refractivity contribution in [2.45, 2.75) is 34.2 Å². The van der Waals surface area contributed by atoms with Crippen LogP contribution in [0.2, 0.25) is 35.9 Å². The van der Waals surface area contributed by atoms with E-state index in [1.807, 2.05) is 0 Å². The molecular formula is C57H36Cl7N19O22S6+4. The highest BCUT2D eigenvalue weighted by Crippen LogP contribution is 2.53. The van der Waals surface area contributed by atoms with Crippen molar-refractivity contribution in [1.29, 1.82) is 0 Å². The third kappa shape index (κ3) is 14.7. The SMILES string of the molecule is O=S(=O)(O)C1=C(Nc2nc(Cl)nc(NC3=C(S(=O)(=O)O)C4Oc5c(Cl)c6c(c(Cl)c5[NH+]=C4C=C3)OC3C(=[NH+]6)C=CC(Nc4nc(Cl)nc(Nc5ccccc5S(=O)(=O)O)n4)=C3S(=O)(=O)O)n2)C=CC2=[NH+]c3c(Cl)c4c(c(Cl)c3OC21)[NH+]=C1C=CC(Nc2nc(Cl)nc(Nc3ccccc3S(=O)(=O)O)n2)=C(S(=O)(=O)O)C1O4. The van der Waals surface area contributed by atoms with Crippen LogP contribution < -0.4 is 70.8 Å². The summed E-state index contributed by atoms with van der Waals surface area (Å²) >= 11 is 46.7. The van der Waals surface area contributed by atoms with Crippen molar-refractivity contribution in [3.63, 3.8) is 0 Å². The summed E-state index contributed by atoms with van der Waals surface area (Å²) in [6.07, 6.45) is 2.33. The number of allylic oxidation sites excluding steroid dienone is 4. The molecule has 0 saturated heterocycles. The molecule has 0 spiro atoms. The van der Waals surface area contributed by atoms with E-state index in [-0.39, 0.29) is 100 Å². The molecular weight excluding hydrogens is 1740 g/mol. The summed E-state index contributed by atoms with van der Waals surface area (Å²) in [6.45, 7) is 0. The Hall–Kier alpha value is -10.0. The Kier molecular flexibility index (Phi) is 19.1. The molecule has 0 fully saturated rings. The number of anilines is 8. The highest BCUT2D eigenvalue weighted by atomic mass is 35.5. The van der Waals surface area contributed by atoms with Crippen molar-refractivity contribution in [3.05, 3.63) is 175 Å². The van der Waals surface area contributed by atoms with Crippen molar-refractivity contribution < 1.29 is 117 Å². The number of aromatic nitrogens is 9. The molecule has 0 amide bonds. The van der Waals surface area contributed by atoms with Crippen molar-refractivity contribution in [2.24, 2.45) is 0 Å². The van der Waals surface area contributed by atoms with Crippen LogP contribution >= 0.6 is 81.2 Å². The number of hydrogen-bond acceptors (Lipinski definition) is 31. The molecule has 0 radical (unpaired) electrons. The van der Waals surface area contributed by atoms with Crippen LogP contribution in [-0.4, -0.2) is 170 Å². The minimum atomic E-state index is -5.39. The fraction of sp³-hybridized carbons (Fsp3) is 0.0702. The van der Waals surface area contributed by atoms with Crippen LogP contribution in [0, 0.1) is 0 Å². The lowest BCUT2D eigenvalue weighted by molar-refractivity contribution is -0.369. The van der Waals surface area contributed by atoms with Crippen LogP contribution in [-0.2, 0) is 60.7 Å². The van der Waals surface area contributed by atoms with Crippen LogP contribution in [0.25, 0.3) is 0 Å². The summed E-state index contributed by atoms with van der Waals surface area (Å²) in [6, 6.07) is 10.2. The molecule has 572 valence electrons. The van der Waals surface area contributed by atoms with Gasteiger partial charge in [-0.15, -0.1) is 0 Å². The van der Waals surface area contributed by atoms with Gasteiger partial charge in [-0.3, -0.25) is 27.3 Å². The van der Waals surface area contributed by atoms with E-state index in [1.54, 1.807) is 0 Å². The average molecular weight is 1780 g/mol. The monoisotopic (exact) mass is 1770 g/mol. The molecule has 4 aromatic carbocycles. The maximum Gasteiger partial charge on any atom is 0.297 e. The number of hydrogen-bond donors (Lipinski definition) is 16. The summed E-state index contributed by atoms with van der Waals surface area (Å²) < 4.78 is 243. The Morgan fingerprint density at radius 2 is 0.514 bits per heavy atom. The van der Waals surface area contributed by atoms with Crippen LogP contribution in [0.1, 0.15) is 0 Å². The van der Waals surface area contributed by atoms with E-state index in [9.17, 15) is 77.8 Å². The molecule has 7 aromatic rings. The highest BCUT2D eigenvalue weighted by molar-refractivity contribution is 7.91. The predicted octanol–water partition coefficient (Wildman–Crippen LogP) is 1.58. The fourth-order valence-electron chi connectivity index (χ4n) is 11.8. The van der Waals surface area contributed by atoms with E-state index in [0.29, 0.717) is 0 Å². The zero-order valence-corrected chi connectivity index (χ0v) is 63.6. The van der Waals surface area contributed by atoms with Gasteiger partial charge in [-0.2, -0.15) is 95.4 Å². The summed E-state index contributed by atoms with van der Waals surface area (Å²) in [5.74, 6) is -4.36. The first-order chi connectivity index (χ1) is 52.1. The van der Waals surface area contributed by atoms with Crippen LogP contribution in [0.4, 0.5) is 69.8 Å². The van der Waals surface area contributed by atoms with E-state index in [2.05, 4.69) is 96.7 Å². The lowest BCUT2D eigenvalue weighted by atomic mass is 10.0. The normalized spacial score (nSPS) is 19.0. The largest absolute Gasteiger partial charge is 0.465 e. The van der Waals surface area contributed by atoms with E-state index in [1.165, 1.54) is 60.7 Å². The second-order valence-electron chi connectivity index (χ2n) is 23.2. The number of benzene rings is 4. The smallest absolute Gasteiger partial charge is 0.297 e. The Bertz CT molecular complexity index is 6240. The number of nitrogens with zero attached hydrogens (tertiary/aromatic N) is 9. The quantitative estimate of drug-likeness (QED) is 0.0542. The number of rotatable bonds is 18. The maximum atomic E-state index is 13.6. The van der Waals surface area contributed by atoms with Gasteiger partial charge < -0.3 is 50.8 Å². The molecule has 41 nitrogen and oxygen atoms in total. The third-order valence-electron chi connectivity index (χ3n) is 16.2. The van der Waals surface area contributed by atoms with Crippen LogP contribution in [0.15, 0.2) is 149 Å². The summed E-state index contributed by atoms with van der Waals surface area (Å²) in [7, 11) is -30.9. The molecule has 111 heavy (non-hydrogen) atoms. The third-order valence-corrected chi connectivity index (χ3v) is 23.9. The summed E-state index contributed by atoms with van der Waals surface area (Å²) in [5, 5.41) is 12.4. The minimum Gasteiger partial charge on any atom is -0.465 e. The zero-order valence-electron chi connectivity index (χ0n) is 53.4. The molecule has 54 heteroatoms. The van der Waals surface area contributed by atoms with E-state index >= 15 is 0 Å². The number of ether oxygens (including phenoxy) is 4. The molecule has 8 aliphatic rings. The lowest BCUT2D eigenvalue weighted by Crippen LogP contribution is -2.74. The number of halogens is 7. The van der Waals surface area contributed by atoms with Crippen molar-refractivity contribution in [3.8, 4) is 23.0 Å². The predicted molar refractivity (Wildman–Crippen MR) is 392 cm³/mol. The number of fused-ring (bicyclic) bond motifs is 8. The van der Waals surface area contributed by atoms with Crippen LogP contribution in [0.5, 0.6) is 23.0 Å². The standard InChI is InChI=1S/C57H32Cl7N19O22S6/c58-29-35-43(31(60)33-41(29)102-37-19(65-33)9-13-23(45(37)108(90,91)92)71-54-77-49(62)75-52(81-54)69-17-5-1-3-7-27(17)106(84,85)86)104-39-21(67-35)11-15-25(47(39)110(96,97)98)73-56-79-51(64)80-57(83-56)74-26-16-12-22-40(48(26)111(99,100)101)105-44-32(61)34-42(30(59)36(44)68-22)103-38-20(66-34)10-14-24(46(38)109(93,94)95)72-55-78-50(63)76-53(82-55)70-18-6-2-4-8-28(18)107(87,88)89/h1-16,37-40H,(H,84,85,86)(H,87,88,89)(H,90,91,92)(H,93,94,95)(H,96,97,98)(H,99,100,101)(H2,69,71,75,77,81)(H2,70,72,76,78,82)(H2,73,74,79,80,83)/p+4. The first kappa shape index (κ1) is 76.4. The molecule has 4 unspecified atom stereocenters. The van der Waals surface area contributed by atoms with E-state index in [4.69, 9.17) is 100 Å². The highest BCUT2D eigenvalue weighted by Gasteiger charge is 2.52. The second-order valence-corrected chi connectivity index (χ2v) is 34.0. The van der Waals surface area contributed by atoms with Gasteiger partial charge in [-0.25, -0.2) is 20.0 Å². The van der Waals surface area contributed by atoms with Crippen molar-refractivity contribution in [2.75, 3.05) is 31.9 Å². The molecule has 0 saturated carbocycles. The van der Waals surface area contributed by atoms with Gasteiger partial charge >= 0.3 is 0 Å². The maximum absolute atomic E-state index is 13.6. The van der Waals surface area contributed by atoms with Gasteiger partial charge in [0.1, 0.15) is 29.4 Å². The van der Waals surface area contributed by atoms with Gasteiger partial charge in [0.2, 0.25) is 122 Å². The number of nitrogens with one attached hydrogen (secondary N) is 10. The minimum absolute atomic E-state index is 0.109. The zero-order chi connectivity index (χ0) is 79.2. The molecule has 4 aliphatic heterocycles. The van der Waals surface area contributed by atoms with Crippen molar-refractivity contribution >= 4 is 235 Å². The molecule has 15 rings (SSSR count). The van der Waals surface area contributed by atoms with Crippen LogP contribution in [0.3, 0.4) is 0 Å². The van der Waals surface area contributed by atoms with E-state index < -0.39 is 189 Å². The van der Waals surface area contributed by atoms with Gasteiger partial charge in [-0.05, 0) is 83.4 Å². The van der Waals surface area contributed by atoms with Gasteiger partial charge in [0.05, 0.1) is 34.2 Å². The van der Waals surface area contributed by atoms with Gasteiger partial charge in [0.15, 0.2) is 20.1 Å². The van der Waals surface area contributed by atoms with Gasteiger partial charge in [0, 0.05) is 24.3 Å². The molecule has 16 N–H and O–H groups in total. The molecule has 0 bridgehead atoms. The van der Waals surface area contributed by atoms with E-state index in [0.717, 1.165) is 36.4 Å². The summed E-state index contributed by atoms with van der Waals surface area (Å²) in [4.78, 5) is 43.0. The Morgan fingerprint density at radius 3 is 0.730 bits per heavy atom. The molecule has 4 aliphatic carbocycles. The molecule has 7 heterocycles. The first-order valence-corrected chi connectivity index (χ1v) is 41.3. The second kappa shape index (κ2) is 27.7. The average Bonchev–Trinajstić information content (AvgIpc) is 0.726. The van der Waals surface area contributed by atoms with Crippen molar-refractivity contribution in [1.82, 2.24) is 44.9 Å². The first-order valence-electron chi connectivity index (χ1n) is 30.0. The number of para-hydroxylation sites is 2. The summed E-state index contributed by atoms with van der Waals surface area (Å²) in [5.41, 5.74) is -3.49. The fourth-order valence-corrected chi connectivity index (χ4v) is 18.1. The Balaban J connectivity index is 0.680. The Morgan fingerprint density at radius 1 is 0.297 bits per heavy atom. The molecule has 4 atom stereocenters. The van der Waals surface area contributed by atoms with Gasteiger partial charge in [0.25, 0.3) is 83.5 Å². The molecule has 3 aromatic heterocycles. The Labute approximate surface area is 655 Å². The topological polar surface area (TPSA) is 607 Å². The lowest BCUT2D eigenvalue weighted by Gasteiger charge is -2.29.